The van der Waals surface area contributed by atoms with Gasteiger partial charge in [-0.05, 0) is 19.1 Å². The van der Waals surface area contributed by atoms with Crippen molar-refractivity contribution in [2.24, 2.45) is 0 Å². The maximum atomic E-state index is 11.9. The van der Waals surface area contributed by atoms with Crippen LogP contribution in [0.5, 0.6) is 0 Å². The Kier molecular flexibility index (Phi) is 4.56. The fraction of sp³-hybridized carbons (Fsp3) is 1.00. The molecule has 0 radical (unpaired) electrons. The Labute approximate surface area is 95.2 Å². The number of thioether (sulfide) groups is 1. The average molecular weight is 258 g/mol. The minimum atomic E-state index is -3.18. The van der Waals surface area contributed by atoms with Crippen molar-refractivity contribution in [3.63, 3.8) is 0 Å². The summed E-state index contributed by atoms with van der Waals surface area (Å²) in [6.07, 6.45) is 0.954. The molecule has 84 valence electrons. The summed E-state index contributed by atoms with van der Waals surface area (Å²) in [4.78, 5) is 0. The Hall–Kier alpha value is 0.550. The average Bonchev–Trinajstić information content (AvgIpc) is 2.67. The first-order valence-corrected chi connectivity index (χ1v) is 7.80. The maximum Gasteiger partial charge on any atom is 0.217 e. The van der Waals surface area contributed by atoms with Crippen molar-refractivity contribution in [3.05, 3.63) is 0 Å². The van der Waals surface area contributed by atoms with E-state index >= 15 is 0 Å². The predicted molar refractivity (Wildman–Crippen MR) is 62.6 cm³/mol. The lowest BCUT2D eigenvalue weighted by Crippen LogP contribution is -2.42. The van der Waals surface area contributed by atoms with Crippen LogP contribution in [0, 0.1) is 0 Å². The van der Waals surface area contributed by atoms with E-state index in [1.165, 1.54) is 4.31 Å². The highest BCUT2D eigenvalue weighted by molar-refractivity contribution is 7.99. The highest BCUT2D eigenvalue weighted by Gasteiger charge is 2.32. The lowest BCUT2D eigenvalue weighted by Gasteiger charge is -2.25. The molecule has 0 aromatic rings. The van der Waals surface area contributed by atoms with Gasteiger partial charge < -0.3 is 0 Å². The largest absolute Gasteiger partial charge is 0.217 e. The third-order valence-corrected chi connectivity index (χ3v) is 6.62. The van der Waals surface area contributed by atoms with E-state index in [9.17, 15) is 8.42 Å². The summed E-state index contributed by atoms with van der Waals surface area (Å²) in [5, 5.41) is -0.486. The molecule has 2 unspecified atom stereocenters. The van der Waals surface area contributed by atoms with E-state index < -0.39 is 15.3 Å². The number of sulfonamides is 1. The van der Waals surface area contributed by atoms with Crippen molar-refractivity contribution in [2.75, 3.05) is 24.4 Å². The molecule has 6 heteroatoms. The quantitative estimate of drug-likeness (QED) is 0.714. The van der Waals surface area contributed by atoms with Gasteiger partial charge in [-0.25, -0.2) is 12.7 Å². The first kappa shape index (κ1) is 12.6. The normalized spacial score (nSPS) is 25.6. The highest BCUT2D eigenvalue weighted by Crippen LogP contribution is 2.24. The summed E-state index contributed by atoms with van der Waals surface area (Å²) in [5.74, 6) is 2.12. The van der Waals surface area contributed by atoms with Gasteiger partial charge in [-0.15, -0.1) is 11.6 Å². The van der Waals surface area contributed by atoms with Gasteiger partial charge >= 0.3 is 0 Å². The van der Waals surface area contributed by atoms with Gasteiger partial charge in [0.25, 0.3) is 0 Å². The van der Waals surface area contributed by atoms with Gasteiger partial charge in [0, 0.05) is 24.7 Å². The summed E-state index contributed by atoms with van der Waals surface area (Å²) in [5.41, 5.74) is 0. The standard InChI is InChI=1S/C8H16ClNO2S2/c1-7(5-9)14(11,12)10(2)8-3-4-13-6-8/h7-8H,3-6H2,1-2H3. The first-order chi connectivity index (χ1) is 6.50. The molecule has 14 heavy (non-hydrogen) atoms. The van der Waals surface area contributed by atoms with Crippen LogP contribution in [0.1, 0.15) is 13.3 Å². The number of nitrogens with zero attached hydrogens (tertiary/aromatic N) is 1. The van der Waals surface area contributed by atoms with Crippen LogP contribution in [0.15, 0.2) is 0 Å². The van der Waals surface area contributed by atoms with Crippen molar-refractivity contribution >= 4 is 33.4 Å². The summed E-state index contributed by atoms with van der Waals surface area (Å²) in [6, 6.07) is 0.163. The van der Waals surface area contributed by atoms with E-state index in [0.717, 1.165) is 17.9 Å². The molecule has 0 saturated carbocycles. The molecule has 1 aliphatic rings. The highest BCUT2D eigenvalue weighted by atomic mass is 35.5. The topological polar surface area (TPSA) is 37.4 Å². The lowest BCUT2D eigenvalue weighted by atomic mass is 10.3. The summed E-state index contributed by atoms with van der Waals surface area (Å²) in [7, 11) is -1.52. The third kappa shape index (κ3) is 2.56. The second-order valence-electron chi connectivity index (χ2n) is 3.54. The van der Waals surface area contributed by atoms with Crippen LogP contribution in [0.25, 0.3) is 0 Å². The van der Waals surface area contributed by atoms with Gasteiger partial charge in [-0.3, -0.25) is 0 Å². The number of hydrogen-bond donors (Lipinski definition) is 0. The molecule has 1 fully saturated rings. The zero-order valence-electron chi connectivity index (χ0n) is 8.44. The van der Waals surface area contributed by atoms with E-state index in [4.69, 9.17) is 11.6 Å². The molecule has 2 atom stereocenters. The smallest absolute Gasteiger partial charge is 0.212 e. The van der Waals surface area contributed by atoms with E-state index in [-0.39, 0.29) is 11.9 Å². The summed E-state index contributed by atoms with van der Waals surface area (Å²) < 4.78 is 25.3. The Balaban J connectivity index is 2.71. The zero-order valence-corrected chi connectivity index (χ0v) is 10.8. The third-order valence-electron chi connectivity index (χ3n) is 2.55. The number of rotatable bonds is 4. The van der Waals surface area contributed by atoms with Gasteiger partial charge in [0.05, 0.1) is 5.25 Å². The van der Waals surface area contributed by atoms with Crippen LogP contribution in [-0.2, 0) is 10.0 Å². The van der Waals surface area contributed by atoms with E-state index in [1.54, 1.807) is 25.7 Å². The van der Waals surface area contributed by atoms with Crippen molar-refractivity contribution in [2.45, 2.75) is 24.6 Å². The Morgan fingerprint density at radius 1 is 1.64 bits per heavy atom. The summed E-state index contributed by atoms with van der Waals surface area (Å²) >= 11 is 7.38. The van der Waals surface area contributed by atoms with Gasteiger partial charge in [0.15, 0.2) is 0 Å². The molecule has 0 aromatic carbocycles. The van der Waals surface area contributed by atoms with Crippen LogP contribution in [0.2, 0.25) is 0 Å². The Morgan fingerprint density at radius 2 is 2.29 bits per heavy atom. The molecule has 0 aliphatic carbocycles. The van der Waals surface area contributed by atoms with E-state index in [0.29, 0.717) is 0 Å². The van der Waals surface area contributed by atoms with E-state index in [2.05, 4.69) is 0 Å². The molecular formula is C8H16ClNO2S2. The minimum Gasteiger partial charge on any atom is -0.212 e. The monoisotopic (exact) mass is 257 g/mol. The van der Waals surface area contributed by atoms with Crippen LogP contribution in [-0.4, -0.2) is 48.4 Å². The zero-order chi connectivity index (χ0) is 10.8. The lowest BCUT2D eigenvalue weighted by molar-refractivity contribution is 0.390. The molecule has 0 aromatic heterocycles. The fourth-order valence-electron chi connectivity index (χ4n) is 1.38. The minimum absolute atomic E-state index is 0.159. The fourth-order valence-corrected chi connectivity index (χ4v) is 4.54. The molecule has 3 nitrogen and oxygen atoms in total. The molecule has 0 spiro atoms. The second-order valence-corrected chi connectivity index (χ2v) is 7.41. The number of alkyl halides is 1. The summed E-state index contributed by atoms with van der Waals surface area (Å²) in [6.45, 7) is 1.65. The molecule has 1 heterocycles. The molecule has 0 N–H and O–H groups in total. The van der Waals surface area contributed by atoms with Crippen LogP contribution in [0.4, 0.5) is 0 Å². The van der Waals surface area contributed by atoms with Crippen LogP contribution in [0.3, 0.4) is 0 Å². The van der Waals surface area contributed by atoms with Gasteiger partial charge in [-0.1, -0.05) is 0 Å². The number of hydrogen-bond acceptors (Lipinski definition) is 3. The molecule has 0 bridgehead atoms. The van der Waals surface area contributed by atoms with Gasteiger partial charge in [0.1, 0.15) is 0 Å². The van der Waals surface area contributed by atoms with Crippen LogP contribution >= 0.6 is 23.4 Å². The molecule has 1 rings (SSSR count). The van der Waals surface area contributed by atoms with E-state index in [1.807, 2.05) is 0 Å². The molecule has 1 saturated heterocycles. The van der Waals surface area contributed by atoms with Crippen molar-refractivity contribution in [3.8, 4) is 0 Å². The predicted octanol–water partition coefficient (Wildman–Crippen LogP) is 1.38. The van der Waals surface area contributed by atoms with Gasteiger partial charge in [0.2, 0.25) is 10.0 Å². The van der Waals surface area contributed by atoms with Crippen molar-refractivity contribution in [1.82, 2.24) is 4.31 Å². The van der Waals surface area contributed by atoms with Gasteiger partial charge in [-0.2, -0.15) is 11.8 Å². The SMILES string of the molecule is CC(CCl)S(=O)(=O)N(C)C1CCSC1. The molecule has 0 amide bonds. The van der Waals surface area contributed by atoms with Crippen LogP contribution < -0.4 is 0 Å². The first-order valence-electron chi connectivity index (χ1n) is 4.60. The van der Waals surface area contributed by atoms with Crippen molar-refractivity contribution < 1.29 is 8.42 Å². The maximum absolute atomic E-state index is 11.9. The molecule has 1 aliphatic heterocycles. The van der Waals surface area contributed by atoms with Crippen molar-refractivity contribution in [1.29, 1.82) is 0 Å². The molecular weight excluding hydrogens is 242 g/mol. The number of halogens is 1. The second kappa shape index (κ2) is 5.05. The Morgan fingerprint density at radius 3 is 2.71 bits per heavy atom. The Bertz CT molecular complexity index is 275.